The van der Waals surface area contributed by atoms with Crippen molar-refractivity contribution in [1.82, 2.24) is 0 Å². The summed E-state index contributed by atoms with van der Waals surface area (Å²) in [5.74, 6) is -1.73. The first-order valence-electron chi connectivity index (χ1n) is 6.75. The number of rotatable bonds is 6. The van der Waals surface area contributed by atoms with Gasteiger partial charge in [-0.1, -0.05) is 0 Å². The van der Waals surface area contributed by atoms with Gasteiger partial charge in [-0.2, -0.15) is 5.26 Å². The largest absolute Gasteiger partial charge is 0.457 e. The van der Waals surface area contributed by atoms with Crippen LogP contribution in [0.5, 0.6) is 0 Å². The van der Waals surface area contributed by atoms with Gasteiger partial charge in [0.2, 0.25) is 5.76 Å². The van der Waals surface area contributed by atoms with Crippen molar-refractivity contribution >= 4 is 17.6 Å². The fourth-order valence-electron chi connectivity index (χ4n) is 1.85. The van der Waals surface area contributed by atoms with Gasteiger partial charge in [-0.25, -0.2) is 9.18 Å². The molecule has 0 fully saturated rings. The Morgan fingerprint density at radius 1 is 1.26 bits per heavy atom. The van der Waals surface area contributed by atoms with Crippen molar-refractivity contribution in [2.75, 3.05) is 18.1 Å². The molecule has 0 saturated heterocycles. The number of ether oxygens (including phenoxy) is 1. The maximum atomic E-state index is 13.0. The van der Waals surface area contributed by atoms with Crippen LogP contribution in [0, 0.1) is 17.1 Å². The molecule has 2 rings (SSSR count). The van der Waals surface area contributed by atoms with Crippen LogP contribution in [0.2, 0.25) is 0 Å². The van der Waals surface area contributed by atoms with Gasteiger partial charge in [0, 0.05) is 12.2 Å². The highest BCUT2D eigenvalue weighted by molar-refractivity contribution is 5.96. The second-order valence-corrected chi connectivity index (χ2v) is 4.48. The number of amides is 1. The minimum Gasteiger partial charge on any atom is -0.457 e. The first kappa shape index (κ1) is 16.2. The number of carbonyl (C=O) groups excluding carboxylic acids is 2. The molecule has 6 nitrogen and oxygen atoms in total. The predicted octanol–water partition coefficient (Wildman–Crippen LogP) is 2.52. The Morgan fingerprint density at radius 2 is 2.00 bits per heavy atom. The summed E-state index contributed by atoms with van der Waals surface area (Å²) >= 11 is 0. The Bertz CT molecular complexity index is 705. The first-order valence-corrected chi connectivity index (χ1v) is 6.75. The van der Waals surface area contributed by atoms with Gasteiger partial charge < -0.3 is 14.1 Å². The van der Waals surface area contributed by atoms with E-state index in [1.807, 2.05) is 6.07 Å². The average Bonchev–Trinajstić information content (AvgIpc) is 3.09. The summed E-state index contributed by atoms with van der Waals surface area (Å²) in [6.07, 6.45) is 1.41. The highest BCUT2D eigenvalue weighted by Crippen LogP contribution is 2.16. The van der Waals surface area contributed by atoms with Crippen molar-refractivity contribution in [3.05, 3.63) is 54.2 Å². The van der Waals surface area contributed by atoms with E-state index < -0.39 is 24.3 Å². The maximum Gasteiger partial charge on any atom is 0.374 e. The highest BCUT2D eigenvalue weighted by Gasteiger charge is 2.19. The fourth-order valence-corrected chi connectivity index (χ4v) is 1.85. The molecular weight excluding hydrogens is 303 g/mol. The number of hydrogen-bond acceptors (Lipinski definition) is 5. The van der Waals surface area contributed by atoms with E-state index in [2.05, 4.69) is 0 Å². The molecule has 0 unspecified atom stereocenters. The molecule has 23 heavy (non-hydrogen) atoms. The summed E-state index contributed by atoms with van der Waals surface area (Å²) in [5, 5.41) is 8.69. The number of benzene rings is 1. The van der Waals surface area contributed by atoms with E-state index in [1.165, 1.54) is 47.6 Å². The molecule has 118 valence electrons. The minimum atomic E-state index is -0.761. The topological polar surface area (TPSA) is 83.5 Å². The van der Waals surface area contributed by atoms with Gasteiger partial charge in [-0.05, 0) is 36.4 Å². The molecule has 0 aliphatic heterocycles. The summed E-state index contributed by atoms with van der Waals surface area (Å²) in [5.41, 5.74) is 0.417. The standard InChI is InChI=1S/C16H13FN2O4/c17-12-4-6-13(7-5-12)19(9-2-8-18)15(20)11-23-16(21)14-3-1-10-22-14/h1,3-7,10H,2,9,11H2. The molecule has 0 N–H and O–H groups in total. The van der Waals surface area contributed by atoms with Crippen molar-refractivity contribution in [2.24, 2.45) is 0 Å². The number of nitriles is 1. The van der Waals surface area contributed by atoms with Crippen LogP contribution in [0.3, 0.4) is 0 Å². The van der Waals surface area contributed by atoms with Crippen molar-refractivity contribution in [1.29, 1.82) is 5.26 Å². The summed E-state index contributed by atoms with van der Waals surface area (Å²) in [6.45, 7) is -0.401. The normalized spacial score (nSPS) is 9.91. The Labute approximate surface area is 131 Å². The Kier molecular flexibility index (Phi) is 5.47. The lowest BCUT2D eigenvalue weighted by Crippen LogP contribution is -2.35. The van der Waals surface area contributed by atoms with E-state index in [4.69, 9.17) is 14.4 Å². The number of furan rings is 1. The van der Waals surface area contributed by atoms with Gasteiger partial charge in [0.1, 0.15) is 5.82 Å². The van der Waals surface area contributed by atoms with Crippen LogP contribution in [0.4, 0.5) is 10.1 Å². The summed E-state index contributed by atoms with van der Waals surface area (Å²) in [7, 11) is 0. The SMILES string of the molecule is N#CCCN(C(=O)COC(=O)c1ccco1)c1ccc(F)cc1. The number of esters is 1. The van der Waals surface area contributed by atoms with Crippen molar-refractivity contribution in [3.63, 3.8) is 0 Å². The third-order valence-electron chi connectivity index (χ3n) is 2.94. The number of hydrogen-bond donors (Lipinski definition) is 0. The summed E-state index contributed by atoms with van der Waals surface area (Å²) < 4.78 is 22.7. The molecule has 0 aliphatic rings. The van der Waals surface area contributed by atoms with Crippen molar-refractivity contribution in [2.45, 2.75) is 6.42 Å². The average molecular weight is 316 g/mol. The number of carbonyl (C=O) groups is 2. The van der Waals surface area contributed by atoms with Gasteiger partial charge in [0.05, 0.1) is 18.8 Å². The zero-order valence-electron chi connectivity index (χ0n) is 12.1. The van der Waals surface area contributed by atoms with Gasteiger partial charge in [-0.15, -0.1) is 0 Å². The van der Waals surface area contributed by atoms with Crippen LogP contribution >= 0.6 is 0 Å². The van der Waals surface area contributed by atoms with Crippen molar-refractivity contribution < 1.29 is 23.1 Å². The van der Waals surface area contributed by atoms with Crippen molar-refractivity contribution in [3.8, 4) is 6.07 Å². The lowest BCUT2D eigenvalue weighted by molar-refractivity contribution is -0.121. The molecule has 1 amide bonds. The molecule has 7 heteroatoms. The van der Waals surface area contributed by atoms with E-state index in [9.17, 15) is 14.0 Å². The second kappa shape index (κ2) is 7.75. The maximum absolute atomic E-state index is 13.0. The van der Waals surface area contributed by atoms with Crippen LogP contribution in [0.25, 0.3) is 0 Å². The second-order valence-electron chi connectivity index (χ2n) is 4.48. The van der Waals surface area contributed by atoms with Crippen LogP contribution in [-0.4, -0.2) is 25.0 Å². The highest BCUT2D eigenvalue weighted by atomic mass is 19.1. The molecule has 1 aromatic heterocycles. The molecule has 0 saturated carbocycles. The number of anilines is 1. The lowest BCUT2D eigenvalue weighted by Gasteiger charge is -2.21. The quantitative estimate of drug-likeness (QED) is 0.765. The summed E-state index contributed by atoms with van der Waals surface area (Å²) in [6, 6.07) is 10.1. The molecule has 0 radical (unpaired) electrons. The van der Waals surface area contributed by atoms with Gasteiger partial charge in [0.15, 0.2) is 6.61 Å². The van der Waals surface area contributed by atoms with Gasteiger partial charge >= 0.3 is 5.97 Å². The Morgan fingerprint density at radius 3 is 2.61 bits per heavy atom. The predicted molar refractivity (Wildman–Crippen MR) is 78.0 cm³/mol. The molecule has 0 aliphatic carbocycles. The Balaban J connectivity index is 2.03. The molecule has 0 atom stereocenters. The van der Waals surface area contributed by atoms with E-state index in [-0.39, 0.29) is 18.7 Å². The van der Waals surface area contributed by atoms with E-state index >= 15 is 0 Å². The fraction of sp³-hybridized carbons (Fsp3) is 0.188. The molecule has 0 spiro atoms. The minimum absolute atomic E-state index is 0.0110. The van der Waals surface area contributed by atoms with E-state index in [0.717, 1.165) is 0 Å². The van der Waals surface area contributed by atoms with Crippen LogP contribution in [0.1, 0.15) is 17.0 Å². The molecule has 1 aromatic carbocycles. The Hall–Kier alpha value is -3.14. The summed E-state index contributed by atoms with van der Waals surface area (Å²) in [4.78, 5) is 25.1. The van der Waals surface area contributed by atoms with Gasteiger partial charge in [-0.3, -0.25) is 4.79 Å². The van der Waals surface area contributed by atoms with Crippen LogP contribution in [0.15, 0.2) is 47.1 Å². The zero-order valence-corrected chi connectivity index (χ0v) is 12.1. The molecule has 1 heterocycles. The third kappa shape index (κ3) is 4.41. The molecule has 2 aromatic rings. The number of halogens is 1. The third-order valence-corrected chi connectivity index (χ3v) is 2.94. The smallest absolute Gasteiger partial charge is 0.374 e. The molecule has 0 bridgehead atoms. The molecular formula is C16H13FN2O4. The van der Waals surface area contributed by atoms with E-state index in [0.29, 0.717) is 5.69 Å². The van der Waals surface area contributed by atoms with E-state index in [1.54, 1.807) is 0 Å². The number of nitrogens with zero attached hydrogens (tertiary/aromatic N) is 2. The van der Waals surface area contributed by atoms with Gasteiger partial charge in [0.25, 0.3) is 5.91 Å². The monoisotopic (exact) mass is 316 g/mol. The first-order chi connectivity index (χ1) is 11.1. The lowest BCUT2D eigenvalue weighted by atomic mass is 10.2. The zero-order chi connectivity index (χ0) is 16.7. The van der Waals surface area contributed by atoms with Crippen LogP contribution in [-0.2, 0) is 9.53 Å². The van der Waals surface area contributed by atoms with Crippen LogP contribution < -0.4 is 4.90 Å².